The molecule has 0 radical (unpaired) electrons. The Morgan fingerprint density at radius 1 is 0.512 bits per heavy atom. The van der Waals surface area contributed by atoms with E-state index in [1.165, 1.54) is 25.0 Å². The van der Waals surface area contributed by atoms with Gasteiger partial charge in [0.05, 0.1) is 66.1 Å². The van der Waals surface area contributed by atoms with Crippen LogP contribution in [0.5, 0.6) is 0 Å². The number of esters is 2. The average molecular weight is 577 g/mol. The molecule has 0 aliphatic rings. The van der Waals surface area contributed by atoms with Gasteiger partial charge in [0.25, 0.3) is 0 Å². The normalized spacial score (nSPS) is 11.4. The molecule has 0 atom stereocenters. The second-order valence-electron chi connectivity index (χ2n) is 9.67. The van der Waals surface area contributed by atoms with Crippen LogP contribution < -0.4 is 0 Å². The Morgan fingerprint density at radius 2 is 0.829 bits per heavy atom. The van der Waals surface area contributed by atoms with Crippen LogP contribution in [0.1, 0.15) is 49.9 Å². The van der Waals surface area contributed by atoms with E-state index < -0.39 is 0 Å². The van der Waals surface area contributed by atoms with Gasteiger partial charge in [-0.3, -0.25) is 9.59 Å². The van der Waals surface area contributed by atoms with E-state index in [0.29, 0.717) is 66.1 Å². The number of hydrogen-bond acceptors (Lipinski definition) is 10. The Morgan fingerprint density at radius 3 is 1.17 bits per heavy atom. The van der Waals surface area contributed by atoms with Crippen LogP contribution in [0.25, 0.3) is 0 Å². The highest BCUT2D eigenvalue weighted by Gasteiger charge is 2.23. The van der Waals surface area contributed by atoms with E-state index >= 15 is 0 Å². The van der Waals surface area contributed by atoms with E-state index in [1.807, 2.05) is 0 Å². The van der Waals surface area contributed by atoms with E-state index in [1.54, 1.807) is 0 Å². The van der Waals surface area contributed by atoms with Gasteiger partial charge in [-0.25, -0.2) is 0 Å². The third-order valence-electron chi connectivity index (χ3n) is 6.07. The topological polar surface area (TPSA) is 108 Å². The monoisotopic (exact) mass is 576 g/mol. The van der Waals surface area contributed by atoms with Gasteiger partial charge in [-0.1, -0.05) is 62.4 Å². The molecule has 10 heteroatoms. The third-order valence-corrected chi connectivity index (χ3v) is 6.07. The summed E-state index contributed by atoms with van der Waals surface area (Å²) in [4.78, 5) is 21.3. The standard InChI is InChI=1S/C31H44O10/c1-25(32)40-23-38-19-15-34-13-17-36-21-27-5-9-29(10-6-27)31(3,4)30-11-7-28(8-12-30)22-37-18-14-35-16-20-39-24-41-26(2)33/h5-12H,13-24H2,1-4H3. The van der Waals surface area contributed by atoms with Gasteiger partial charge in [0.2, 0.25) is 0 Å². The SMILES string of the molecule is CC(=O)OCOCCOCCOCc1ccc(C(C)(C)c2ccc(COCCOCCOCOC(C)=O)cc2)cc1. The Balaban J connectivity index is 1.61. The maximum Gasteiger partial charge on any atom is 0.304 e. The van der Waals surface area contributed by atoms with Crippen LogP contribution in [0.4, 0.5) is 0 Å². The van der Waals surface area contributed by atoms with Crippen molar-refractivity contribution in [3.8, 4) is 0 Å². The van der Waals surface area contributed by atoms with Crippen molar-refractivity contribution >= 4 is 11.9 Å². The zero-order chi connectivity index (χ0) is 29.8. The highest BCUT2D eigenvalue weighted by atomic mass is 16.7. The fraction of sp³-hybridized carbons (Fsp3) is 0.548. The van der Waals surface area contributed by atoms with Crippen LogP contribution in [-0.4, -0.2) is 78.4 Å². The fourth-order valence-corrected chi connectivity index (χ4v) is 3.62. The van der Waals surface area contributed by atoms with Crippen molar-refractivity contribution in [2.45, 2.75) is 46.3 Å². The van der Waals surface area contributed by atoms with Crippen molar-refractivity contribution in [2.75, 3.05) is 66.4 Å². The molecular formula is C31H44O10. The Kier molecular flexibility index (Phi) is 16.8. The van der Waals surface area contributed by atoms with E-state index in [2.05, 4.69) is 71.9 Å². The zero-order valence-electron chi connectivity index (χ0n) is 24.7. The number of carbonyl (C=O) groups is 2. The lowest BCUT2D eigenvalue weighted by molar-refractivity contribution is -0.155. The van der Waals surface area contributed by atoms with Gasteiger partial charge in [0.15, 0.2) is 13.6 Å². The summed E-state index contributed by atoms with van der Waals surface area (Å²) in [5.74, 6) is -0.739. The number of hydrogen-bond donors (Lipinski definition) is 0. The molecule has 10 nitrogen and oxygen atoms in total. The number of benzene rings is 2. The zero-order valence-corrected chi connectivity index (χ0v) is 24.7. The van der Waals surface area contributed by atoms with Crippen LogP contribution in [-0.2, 0) is 66.1 Å². The molecule has 228 valence electrons. The van der Waals surface area contributed by atoms with Crippen molar-refractivity contribution in [3.05, 3.63) is 70.8 Å². The van der Waals surface area contributed by atoms with Gasteiger partial charge in [-0.05, 0) is 22.3 Å². The first-order chi connectivity index (χ1) is 19.8. The van der Waals surface area contributed by atoms with Crippen molar-refractivity contribution in [1.29, 1.82) is 0 Å². The summed E-state index contributed by atoms with van der Waals surface area (Å²) >= 11 is 0. The molecule has 0 aliphatic carbocycles. The first kappa shape index (κ1) is 34.3. The van der Waals surface area contributed by atoms with E-state index in [9.17, 15) is 9.59 Å². The van der Waals surface area contributed by atoms with Gasteiger partial charge in [-0.2, -0.15) is 0 Å². The maximum atomic E-state index is 10.6. The summed E-state index contributed by atoms with van der Waals surface area (Å²) in [6.07, 6.45) is 0. The summed E-state index contributed by atoms with van der Waals surface area (Å²) in [7, 11) is 0. The average Bonchev–Trinajstić information content (AvgIpc) is 2.95. The molecule has 41 heavy (non-hydrogen) atoms. The van der Waals surface area contributed by atoms with E-state index in [0.717, 1.165) is 11.1 Å². The molecule has 0 saturated carbocycles. The minimum atomic E-state index is -0.370. The number of carbonyl (C=O) groups excluding carboxylic acids is 2. The molecule has 0 fully saturated rings. The lowest BCUT2D eigenvalue weighted by Crippen LogP contribution is -2.19. The van der Waals surface area contributed by atoms with Crippen molar-refractivity contribution in [2.24, 2.45) is 0 Å². The molecule has 0 bridgehead atoms. The molecule has 0 spiro atoms. The van der Waals surface area contributed by atoms with Crippen LogP contribution in [0.3, 0.4) is 0 Å². The second kappa shape index (κ2) is 20.1. The smallest absolute Gasteiger partial charge is 0.304 e. The summed E-state index contributed by atoms with van der Waals surface area (Å²) in [6.45, 7) is 11.4. The van der Waals surface area contributed by atoms with Gasteiger partial charge in [-0.15, -0.1) is 0 Å². The molecule has 0 saturated heterocycles. The fourth-order valence-electron chi connectivity index (χ4n) is 3.62. The summed E-state index contributed by atoms with van der Waals surface area (Å²) in [6, 6.07) is 17.0. The predicted octanol–water partition coefficient (Wildman–Crippen LogP) is 4.15. The summed E-state index contributed by atoms with van der Waals surface area (Å²) in [5.41, 5.74) is 4.48. The van der Waals surface area contributed by atoms with Crippen LogP contribution in [0.15, 0.2) is 48.5 Å². The summed E-state index contributed by atoms with van der Waals surface area (Å²) < 4.78 is 41.9. The highest BCUT2D eigenvalue weighted by Crippen LogP contribution is 2.31. The van der Waals surface area contributed by atoms with Crippen molar-refractivity contribution in [1.82, 2.24) is 0 Å². The first-order valence-corrected chi connectivity index (χ1v) is 13.7. The minimum absolute atomic E-state index is 0.0556. The van der Waals surface area contributed by atoms with Gasteiger partial charge in [0, 0.05) is 19.3 Å². The lowest BCUT2D eigenvalue weighted by Gasteiger charge is -2.26. The number of rotatable bonds is 22. The molecule has 2 aromatic rings. The second-order valence-corrected chi connectivity index (χ2v) is 9.67. The lowest BCUT2D eigenvalue weighted by atomic mass is 9.78. The molecule has 0 heterocycles. The molecule has 2 aromatic carbocycles. The highest BCUT2D eigenvalue weighted by molar-refractivity contribution is 5.66. The van der Waals surface area contributed by atoms with Crippen molar-refractivity contribution < 1.29 is 47.5 Å². The molecular weight excluding hydrogens is 532 g/mol. The van der Waals surface area contributed by atoms with Gasteiger partial charge >= 0.3 is 11.9 Å². The van der Waals surface area contributed by atoms with Gasteiger partial charge < -0.3 is 37.9 Å². The van der Waals surface area contributed by atoms with E-state index in [-0.39, 0.29) is 30.9 Å². The predicted molar refractivity (Wildman–Crippen MR) is 151 cm³/mol. The minimum Gasteiger partial charge on any atom is -0.439 e. The van der Waals surface area contributed by atoms with Crippen LogP contribution >= 0.6 is 0 Å². The largest absolute Gasteiger partial charge is 0.439 e. The molecule has 0 amide bonds. The quantitative estimate of drug-likeness (QED) is 0.115. The van der Waals surface area contributed by atoms with E-state index in [4.69, 9.17) is 28.4 Å². The summed E-state index contributed by atoms with van der Waals surface area (Å²) in [5, 5.41) is 0. The molecule has 0 N–H and O–H groups in total. The molecule has 2 rings (SSSR count). The van der Waals surface area contributed by atoms with Crippen molar-refractivity contribution in [3.63, 3.8) is 0 Å². The van der Waals surface area contributed by atoms with Crippen LogP contribution in [0.2, 0.25) is 0 Å². The Labute approximate surface area is 243 Å². The number of ether oxygens (including phenoxy) is 8. The van der Waals surface area contributed by atoms with Crippen LogP contribution in [0, 0.1) is 0 Å². The maximum absolute atomic E-state index is 10.6. The Hall–Kier alpha value is -2.86. The molecule has 0 aromatic heterocycles. The van der Waals surface area contributed by atoms with Gasteiger partial charge in [0.1, 0.15) is 0 Å². The Bertz CT molecular complexity index is 909. The molecule has 0 unspecified atom stereocenters. The molecule has 0 aliphatic heterocycles. The first-order valence-electron chi connectivity index (χ1n) is 13.7. The third kappa shape index (κ3) is 15.1.